The van der Waals surface area contributed by atoms with Crippen LogP contribution >= 0.6 is 0 Å². The van der Waals surface area contributed by atoms with E-state index in [0.717, 1.165) is 6.54 Å². The Morgan fingerprint density at radius 2 is 2.14 bits per heavy atom. The van der Waals surface area contributed by atoms with Crippen molar-refractivity contribution in [3.8, 4) is 0 Å². The van der Waals surface area contributed by atoms with Gasteiger partial charge in [0.25, 0.3) is 5.91 Å². The lowest BCUT2D eigenvalue weighted by atomic mass is 10.1. The van der Waals surface area contributed by atoms with E-state index < -0.39 is 0 Å². The Labute approximate surface area is 128 Å². The zero-order valence-electron chi connectivity index (χ0n) is 13.0. The molecule has 2 aromatic rings. The first-order chi connectivity index (χ1) is 10.5. The van der Waals surface area contributed by atoms with E-state index in [1.54, 1.807) is 25.1 Å². The van der Waals surface area contributed by atoms with E-state index in [1.165, 1.54) is 16.9 Å². The summed E-state index contributed by atoms with van der Waals surface area (Å²) < 4.78 is 15.3. The van der Waals surface area contributed by atoms with E-state index in [-0.39, 0.29) is 23.5 Å². The molecule has 1 unspecified atom stereocenters. The number of hydrogen-bond acceptors (Lipinski definition) is 4. The van der Waals surface area contributed by atoms with Gasteiger partial charge in [-0.3, -0.25) is 4.79 Å². The van der Waals surface area contributed by atoms with Gasteiger partial charge in [-0.25, -0.2) is 9.07 Å². The van der Waals surface area contributed by atoms with E-state index in [1.807, 2.05) is 19.0 Å². The monoisotopic (exact) mass is 305 g/mol. The Hall–Kier alpha value is -2.28. The topological polar surface area (TPSA) is 63.1 Å². The summed E-state index contributed by atoms with van der Waals surface area (Å²) in [6, 6.07) is 6.16. The quantitative estimate of drug-likeness (QED) is 0.874. The van der Waals surface area contributed by atoms with Gasteiger partial charge < -0.3 is 10.2 Å². The van der Waals surface area contributed by atoms with Gasteiger partial charge in [0.15, 0.2) is 5.69 Å². The van der Waals surface area contributed by atoms with Gasteiger partial charge in [0.05, 0.1) is 12.2 Å². The zero-order chi connectivity index (χ0) is 16.1. The van der Waals surface area contributed by atoms with Crippen LogP contribution in [0.15, 0.2) is 30.5 Å². The number of likely N-dealkylation sites (N-methyl/N-ethyl adjacent to an activating group) is 1. The summed E-state index contributed by atoms with van der Waals surface area (Å²) in [4.78, 5) is 13.9. The van der Waals surface area contributed by atoms with Crippen LogP contribution in [0.3, 0.4) is 0 Å². The summed E-state index contributed by atoms with van der Waals surface area (Å²) >= 11 is 0. The second kappa shape index (κ2) is 7.13. The fraction of sp³-hybridized carbons (Fsp3) is 0.400. The van der Waals surface area contributed by atoms with Crippen LogP contribution in [0.4, 0.5) is 4.39 Å². The van der Waals surface area contributed by atoms with Crippen molar-refractivity contribution in [1.29, 1.82) is 0 Å². The van der Waals surface area contributed by atoms with Gasteiger partial charge in [-0.2, -0.15) is 0 Å². The van der Waals surface area contributed by atoms with Crippen LogP contribution in [-0.4, -0.2) is 53.0 Å². The number of amides is 1. The highest BCUT2D eigenvalue weighted by Crippen LogP contribution is 2.19. The van der Waals surface area contributed by atoms with Crippen LogP contribution in [0.25, 0.3) is 0 Å². The highest BCUT2D eigenvalue weighted by atomic mass is 19.1. The van der Waals surface area contributed by atoms with Crippen molar-refractivity contribution in [2.75, 3.05) is 27.2 Å². The van der Waals surface area contributed by atoms with Crippen LogP contribution in [0.5, 0.6) is 0 Å². The number of benzene rings is 1. The maximum atomic E-state index is 13.8. The molecule has 6 nitrogen and oxygen atoms in total. The lowest BCUT2D eigenvalue weighted by molar-refractivity contribution is 0.0946. The maximum absolute atomic E-state index is 13.8. The number of hydrogen-bond donors (Lipinski definition) is 1. The fourth-order valence-corrected chi connectivity index (χ4v) is 2.01. The van der Waals surface area contributed by atoms with Crippen LogP contribution in [-0.2, 0) is 0 Å². The summed E-state index contributed by atoms with van der Waals surface area (Å²) in [5.74, 6) is -0.587. The van der Waals surface area contributed by atoms with Crippen molar-refractivity contribution in [2.45, 2.75) is 13.0 Å². The molecule has 0 spiro atoms. The molecule has 0 radical (unpaired) electrons. The van der Waals surface area contributed by atoms with Gasteiger partial charge >= 0.3 is 0 Å². The predicted molar refractivity (Wildman–Crippen MR) is 81.1 cm³/mol. The Kier molecular flexibility index (Phi) is 5.21. The van der Waals surface area contributed by atoms with E-state index in [2.05, 4.69) is 15.6 Å². The van der Waals surface area contributed by atoms with Gasteiger partial charge in [0.2, 0.25) is 0 Å². The van der Waals surface area contributed by atoms with Gasteiger partial charge in [-0.1, -0.05) is 23.4 Å². The van der Waals surface area contributed by atoms with Crippen LogP contribution in [0.2, 0.25) is 0 Å². The van der Waals surface area contributed by atoms with Crippen LogP contribution < -0.4 is 5.32 Å². The Balaban J connectivity index is 2.05. The van der Waals surface area contributed by atoms with Gasteiger partial charge in [0, 0.05) is 18.7 Å². The molecule has 0 aliphatic rings. The molecule has 0 bridgehead atoms. The van der Waals surface area contributed by atoms with Crippen molar-refractivity contribution < 1.29 is 9.18 Å². The molecule has 22 heavy (non-hydrogen) atoms. The van der Waals surface area contributed by atoms with Crippen molar-refractivity contribution in [1.82, 2.24) is 25.2 Å². The second-order valence-corrected chi connectivity index (χ2v) is 5.34. The number of carbonyl (C=O) groups excluding carboxylic acids is 1. The lowest BCUT2D eigenvalue weighted by Gasteiger charge is -2.12. The molecule has 7 heteroatoms. The normalized spacial score (nSPS) is 12.4. The molecule has 0 fully saturated rings. The van der Waals surface area contributed by atoms with E-state index >= 15 is 0 Å². The lowest BCUT2D eigenvalue weighted by Crippen LogP contribution is -2.31. The smallest absolute Gasteiger partial charge is 0.273 e. The zero-order valence-corrected chi connectivity index (χ0v) is 13.0. The molecule has 1 amide bonds. The Bertz CT molecular complexity index is 640. The number of rotatable bonds is 6. The predicted octanol–water partition coefficient (Wildman–Crippen LogP) is 1.32. The fourth-order valence-electron chi connectivity index (χ4n) is 2.01. The summed E-state index contributed by atoms with van der Waals surface area (Å²) in [6.45, 7) is 3.08. The SMILES string of the molecule is CC(c1ccccc1F)n1cc(C(=O)NCCN(C)C)nn1. The third-order valence-electron chi connectivity index (χ3n) is 3.34. The molecule has 0 saturated carbocycles. The molecular formula is C15H20FN5O. The highest BCUT2D eigenvalue weighted by Gasteiger charge is 2.16. The average Bonchev–Trinajstić information content (AvgIpc) is 2.96. The first kappa shape index (κ1) is 16.1. The van der Waals surface area contributed by atoms with E-state index in [0.29, 0.717) is 12.1 Å². The third-order valence-corrected chi connectivity index (χ3v) is 3.34. The molecule has 1 aromatic carbocycles. The number of nitrogens with zero attached hydrogens (tertiary/aromatic N) is 4. The van der Waals surface area contributed by atoms with E-state index in [9.17, 15) is 9.18 Å². The van der Waals surface area contributed by atoms with Crippen molar-refractivity contribution in [2.24, 2.45) is 0 Å². The van der Waals surface area contributed by atoms with Crippen molar-refractivity contribution in [3.63, 3.8) is 0 Å². The molecule has 1 aromatic heterocycles. The third kappa shape index (κ3) is 3.88. The summed E-state index contributed by atoms with van der Waals surface area (Å²) in [7, 11) is 3.86. The first-order valence-corrected chi connectivity index (χ1v) is 7.08. The summed E-state index contributed by atoms with van der Waals surface area (Å²) in [5, 5.41) is 10.5. The number of aromatic nitrogens is 3. The molecule has 1 heterocycles. The largest absolute Gasteiger partial charge is 0.349 e. The molecule has 2 rings (SSSR count). The summed E-state index contributed by atoms with van der Waals surface area (Å²) in [6.07, 6.45) is 1.53. The second-order valence-electron chi connectivity index (χ2n) is 5.34. The first-order valence-electron chi connectivity index (χ1n) is 7.08. The summed E-state index contributed by atoms with van der Waals surface area (Å²) in [5.41, 5.74) is 0.730. The van der Waals surface area contributed by atoms with E-state index in [4.69, 9.17) is 0 Å². The minimum absolute atomic E-state index is 0.224. The molecule has 1 atom stereocenters. The van der Waals surface area contributed by atoms with Gasteiger partial charge in [-0.15, -0.1) is 5.10 Å². The molecule has 118 valence electrons. The minimum Gasteiger partial charge on any atom is -0.349 e. The Morgan fingerprint density at radius 3 is 2.82 bits per heavy atom. The number of nitrogens with one attached hydrogen (secondary N) is 1. The van der Waals surface area contributed by atoms with Crippen molar-refractivity contribution in [3.05, 3.63) is 47.5 Å². The number of carbonyl (C=O) groups is 1. The molecule has 0 aliphatic heterocycles. The standard InChI is InChI=1S/C15H20FN5O/c1-11(12-6-4-5-7-13(12)16)21-10-14(18-19-21)15(22)17-8-9-20(2)3/h4-7,10-11H,8-9H2,1-3H3,(H,17,22). The van der Waals surface area contributed by atoms with Gasteiger partial charge in [0.1, 0.15) is 5.82 Å². The van der Waals surface area contributed by atoms with Crippen LogP contribution in [0.1, 0.15) is 29.0 Å². The molecular weight excluding hydrogens is 285 g/mol. The minimum atomic E-state index is -0.336. The molecule has 0 aliphatic carbocycles. The maximum Gasteiger partial charge on any atom is 0.273 e. The molecule has 1 N–H and O–H groups in total. The Morgan fingerprint density at radius 1 is 1.41 bits per heavy atom. The average molecular weight is 305 g/mol. The van der Waals surface area contributed by atoms with Crippen molar-refractivity contribution >= 4 is 5.91 Å². The number of halogens is 1. The highest BCUT2D eigenvalue weighted by molar-refractivity contribution is 5.91. The molecule has 0 saturated heterocycles. The van der Waals surface area contributed by atoms with Gasteiger partial charge in [-0.05, 0) is 27.1 Å². The van der Waals surface area contributed by atoms with Crippen LogP contribution in [0, 0.1) is 5.82 Å².